The number of aromatic nitrogens is 4. The molecule has 7 heteroatoms. The van der Waals surface area contributed by atoms with Crippen molar-refractivity contribution in [3.63, 3.8) is 0 Å². The van der Waals surface area contributed by atoms with Gasteiger partial charge in [-0.25, -0.2) is 4.39 Å². The summed E-state index contributed by atoms with van der Waals surface area (Å²) >= 11 is 0. The Morgan fingerprint density at radius 3 is 2.55 bits per heavy atom. The van der Waals surface area contributed by atoms with E-state index in [1.54, 1.807) is 24.8 Å². The van der Waals surface area contributed by atoms with Crippen molar-refractivity contribution in [3.05, 3.63) is 78.3 Å². The van der Waals surface area contributed by atoms with Crippen LogP contribution >= 0.6 is 0 Å². The van der Waals surface area contributed by atoms with E-state index < -0.39 is 0 Å². The molecule has 1 aliphatic heterocycles. The molecule has 0 amide bonds. The molecule has 5 rings (SSSR count). The average molecular weight is 447 g/mol. The van der Waals surface area contributed by atoms with Gasteiger partial charge in [-0.3, -0.25) is 9.47 Å². The summed E-state index contributed by atoms with van der Waals surface area (Å²) in [5.74, 6) is 0.205. The third-order valence-corrected chi connectivity index (χ3v) is 7.04. The first-order valence-electron chi connectivity index (χ1n) is 11.8. The van der Waals surface area contributed by atoms with E-state index in [2.05, 4.69) is 56.7 Å². The molecule has 2 N–H and O–H groups in total. The highest BCUT2D eigenvalue weighted by Gasteiger charge is 2.26. The van der Waals surface area contributed by atoms with E-state index in [0.717, 1.165) is 56.6 Å². The zero-order valence-electron chi connectivity index (χ0n) is 19.0. The van der Waals surface area contributed by atoms with Crippen LogP contribution in [0.3, 0.4) is 0 Å². The molecule has 0 aliphatic carbocycles. The molecule has 2 aromatic carbocycles. The first kappa shape index (κ1) is 21.8. The Morgan fingerprint density at radius 1 is 1.03 bits per heavy atom. The van der Waals surface area contributed by atoms with Crippen molar-refractivity contribution in [2.75, 3.05) is 26.2 Å². The van der Waals surface area contributed by atoms with Crippen molar-refractivity contribution in [1.29, 1.82) is 0 Å². The molecule has 3 heterocycles. The number of H-pyrrole nitrogens is 1. The number of piperazine rings is 1. The molecular formula is C26H31FN6. The van der Waals surface area contributed by atoms with Gasteiger partial charge in [-0.15, -0.1) is 10.2 Å². The summed E-state index contributed by atoms with van der Waals surface area (Å²) < 4.78 is 15.5. The quantitative estimate of drug-likeness (QED) is 0.424. The number of benzene rings is 2. The number of halogens is 1. The molecule has 4 aromatic rings. The normalized spacial score (nSPS) is 16.8. The standard InChI is InChI=1S/C26H31FN6/c1-19(32-13-11-28-12-14-32)24(20-5-7-22(27)8-6-20)4-2-3-21-16-29-26-10-9-23(15-25(21)26)33-17-30-31-18-33/h5-10,15-19,24,28-29H,2-4,11-14H2,1H3. The lowest BCUT2D eigenvalue weighted by Gasteiger charge is -2.37. The van der Waals surface area contributed by atoms with E-state index in [1.165, 1.54) is 16.5 Å². The molecule has 2 atom stereocenters. The first-order chi connectivity index (χ1) is 16.2. The van der Waals surface area contributed by atoms with E-state index in [9.17, 15) is 4.39 Å². The maximum Gasteiger partial charge on any atom is 0.123 e. The van der Waals surface area contributed by atoms with Gasteiger partial charge in [0.15, 0.2) is 0 Å². The van der Waals surface area contributed by atoms with Gasteiger partial charge in [0, 0.05) is 55.0 Å². The van der Waals surface area contributed by atoms with Crippen molar-refractivity contribution in [3.8, 4) is 5.69 Å². The fraction of sp³-hybridized carbons (Fsp3) is 0.385. The third-order valence-electron chi connectivity index (χ3n) is 7.04. The van der Waals surface area contributed by atoms with Crippen molar-refractivity contribution in [2.45, 2.75) is 38.1 Å². The van der Waals surface area contributed by atoms with Crippen LogP contribution in [0.4, 0.5) is 4.39 Å². The summed E-state index contributed by atoms with van der Waals surface area (Å²) in [5.41, 5.74) is 4.76. The van der Waals surface area contributed by atoms with E-state index in [1.807, 2.05) is 16.7 Å². The molecule has 33 heavy (non-hydrogen) atoms. The molecule has 1 fully saturated rings. The zero-order valence-corrected chi connectivity index (χ0v) is 19.0. The van der Waals surface area contributed by atoms with Gasteiger partial charge >= 0.3 is 0 Å². The number of hydrogen-bond acceptors (Lipinski definition) is 4. The molecule has 2 unspecified atom stereocenters. The first-order valence-corrected chi connectivity index (χ1v) is 11.8. The lowest BCUT2D eigenvalue weighted by molar-refractivity contribution is 0.157. The highest BCUT2D eigenvalue weighted by atomic mass is 19.1. The fourth-order valence-electron chi connectivity index (χ4n) is 5.12. The minimum Gasteiger partial charge on any atom is -0.361 e. The van der Waals surface area contributed by atoms with Crippen LogP contribution in [0.15, 0.2) is 61.3 Å². The Kier molecular flexibility index (Phi) is 6.51. The molecule has 2 aromatic heterocycles. The minimum atomic E-state index is -0.171. The SMILES string of the molecule is CC(C(CCCc1c[nH]c2ccc(-n3cnnc3)cc12)c1ccc(F)cc1)N1CCNCC1. The summed E-state index contributed by atoms with van der Waals surface area (Å²) in [4.78, 5) is 5.98. The van der Waals surface area contributed by atoms with Crippen LogP contribution in [0.5, 0.6) is 0 Å². The van der Waals surface area contributed by atoms with Crippen LogP contribution in [0.25, 0.3) is 16.6 Å². The molecule has 172 valence electrons. The predicted molar refractivity (Wildman–Crippen MR) is 129 cm³/mol. The maximum absolute atomic E-state index is 13.6. The Morgan fingerprint density at radius 2 is 1.79 bits per heavy atom. The largest absolute Gasteiger partial charge is 0.361 e. The van der Waals surface area contributed by atoms with Crippen molar-refractivity contribution in [1.82, 2.24) is 30.0 Å². The molecule has 6 nitrogen and oxygen atoms in total. The highest BCUT2D eigenvalue weighted by molar-refractivity contribution is 5.85. The summed E-state index contributed by atoms with van der Waals surface area (Å²) in [7, 11) is 0. The Balaban J connectivity index is 1.32. The molecule has 1 saturated heterocycles. The predicted octanol–water partition coefficient (Wildman–Crippen LogP) is 4.29. The highest BCUT2D eigenvalue weighted by Crippen LogP contribution is 2.31. The van der Waals surface area contributed by atoms with Crippen molar-refractivity contribution < 1.29 is 4.39 Å². The molecule has 1 aliphatic rings. The number of hydrogen-bond donors (Lipinski definition) is 2. The van der Waals surface area contributed by atoms with Gasteiger partial charge in [-0.2, -0.15) is 0 Å². The zero-order chi connectivity index (χ0) is 22.6. The van der Waals surface area contributed by atoms with Gasteiger partial charge in [0.05, 0.1) is 0 Å². The van der Waals surface area contributed by atoms with E-state index >= 15 is 0 Å². The van der Waals surface area contributed by atoms with Gasteiger partial charge in [-0.1, -0.05) is 12.1 Å². The monoisotopic (exact) mass is 446 g/mol. The Labute approximate surface area is 193 Å². The van der Waals surface area contributed by atoms with Crippen LogP contribution < -0.4 is 5.32 Å². The second kappa shape index (κ2) is 9.85. The van der Waals surface area contributed by atoms with Gasteiger partial charge in [0.2, 0.25) is 0 Å². The smallest absolute Gasteiger partial charge is 0.123 e. The lowest BCUT2D eigenvalue weighted by Crippen LogP contribution is -2.49. The molecule has 0 radical (unpaired) electrons. The van der Waals surface area contributed by atoms with Crippen LogP contribution in [-0.2, 0) is 6.42 Å². The van der Waals surface area contributed by atoms with Crippen molar-refractivity contribution >= 4 is 10.9 Å². The second-order valence-corrected chi connectivity index (χ2v) is 8.99. The molecule has 0 spiro atoms. The summed E-state index contributed by atoms with van der Waals surface area (Å²) in [5, 5.41) is 12.5. The lowest BCUT2D eigenvalue weighted by atomic mass is 9.86. The Bertz CT molecular complexity index is 1160. The number of aryl methyl sites for hydroxylation is 1. The Hall–Kier alpha value is -3.03. The number of fused-ring (bicyclic) bond motifs is 1. The van der Waals surface area contributed by atoms with Crippen LogP contribution in [-0.4, -0.2) is 56.9 Å². The average Bonchev–Trinajstić information content (AvgIpc) is 3.53. The second-order valence-electron chi connectivity index (χ2n) is 8.99. The third kappa shape index (κ3) is 4.84. The van der Waals surface area contributed by atoms with E-state index in [0.29, 0.717) is 12.0 Å². The van der Waals surface area contributed by atoms with Gasteiger partial charge < -0.3 is 10.3 Å². The van der Waals surface area contributed by atoms with Gasteiger partial charge in [0.1, 0.15) is 18.5 Å². The maximum atomic E-state index is 13.6. The summed E-state index contributed by atoms with van der Waals surface area (Å²) in [6, 6.07) is 13.9. The number of aromatic amines is 1. The van der Waals surface area contributed by atoms with E-state index in [-0.39, 0.29) is 5.82 Å². The van der Waals surface area contributed by atoms with Gasteiger partial charge in [-0.05, 0) is 73.6 Å². The van der Waals surface area contributed by atoms with Crippen molar-refractivity contribution in [2.24, 2.45) is 0 Å². The fourth-order valence-corrected chi connectivity index (χ4v) is 5.12. The molecule has 0 saturated carbocycles. The summed E-state index contributed by atoms with van der Waals surface area (Å²) in [6.45, 7) is 6.52. The number of nitrogens with zero attached hydrogens (tertiary/aromatic N) is 4. The summed E-state index contributed by atoms with van der Waals surface area (Å²) in [6.07, 6.45) is 8.71. The topological polar surface area (TPSA) is 61.8 Å². The minimum absolute atomic E-state index is 0.171. The van der Waals surface area contributed by atoms with E-state index in [4.69, 9.17) is 0 Å². The number of rotatable bonds is 8. The van der Waals surface area contributed by atoms with Gasteiger partial charge in [0.25, 0.3) is 0 Å². The molecule has 0 bridgehead atoms. The van der Waals surface area contributed by atoms with Crippen LogP contribution in [0, 0.1) is 5.82 Å². The molecular weight excluding hydrogens is 415 g/mol. The van der Waals surface area contributed by atoms with Crippen LogP contribution in [0.2, 0.25) is 0 Å². The van der Waals surface area contributed by atoms with Crippen LogP contribution in [0.1, 0.15) is 36.8 Å². The number of nitrogens with one attached hydrogen (secondary N) is 2.